The van der Waals surface area contributed by atoms with E-state index >= 15 is 0 Å². The Hall–Kier alpha value is -2.59. The van der Waals surface area contributed by atoms with E-state index in [2.05, 4.69) is 28.6 Å². The molecule has 34 heavy (non-hydrogen) atoms. The number of nitrogens with two attached hydrogens (primary N) is 1. The van der Waals surface area contributed by atoms with E-state index in [1.54, 1.807) is 6.92 Å². The first-order chi connectivity index (χ1) is 16.0. The number of nitrogens with one attached hydrogen (secondary N) is 3. The van der Waals surface area contributed by atoms with Crippen LogP contribution in [0.15, 0.2) is 30.3 Å². The smallest absolute Gasteiger partial charge is 0.326 e. The Balaban J connectivity index is 2.85. The third-order valence-corrected chi connectivity index (χ3v) is 5.93. The quantitative estimate of drug-likeness (QED) is 0.213. The molecule has 3 amide bonds. The van der Waals surface area contributed by atoms with Crippen molar-refractivity contribution in [2.45, 2.75) is 71.1 Å². The third-order valence-electron chi connectivity index (χ3n) is 5.57. The Bertz CT molecular complexity index is 821. The second-order valence-corrected chi connectivity index (χ2v) is 9.31. The number of amides is 3. The second kappa shape index (κ2) is 14.6. The SMILES string of the molecule is CCC(C)C(NC(=O)C(CC(C)C)NC(=O)C(CS)NC(=O)C(N)Cc1ccccc1)C(=O)O. The van der Waals surface area contributed by atoms with Gasteiger partial charge in [-0.2, -0.15) is 12.6 Å². The van der Waals surface area contributed by atoms with Crippen LogP contribution in [0.3, 0.4) is 0 Å². The first-order valence-corrected chi connectivity index (χ1v) is 12.2. The summed E-state index contributed by atoms with van der Waals surface area (Å²) >= 11 is 4.17. The van der Waals surface area contributed by atoms with Crippen molar-refractivity contribution in [3.05, 3.63) is 35.9 Å². The second-order valence-electron chi connectivity index (χ2n) is 8.94. The van der Waals surface area contributed by atoms with Crippen LogP contribution in [0.2, 0.25) is 0 Å². The number of carboxylic acid groups (broad SMARTS) is 1. The van der Waals surface area contributed by atoms with E-state index in [0.29, 0.717) is 19.3 Å². The van der Waals surface area contributed by atoms with Crippen LogP contribution in [-0.4, -0.2) is 58.7 Å². The minimum atomic E-state index is -1.13. The predicted octanol–water partition coefficient (Wildman–Crippen LogP) is 1.12. The van der Waals surface area contributed by atoms with Crippen LogP contribution in [-0.2, 0) is 25.6 Å². The van der Waals surface area contributed by atoms with Crippen LogP contribution < -0.4 is 21.7 Å². The van der Waals surface area contributed by atoms with Gasteiger partial charge < -0.3 is 26.8 Å². The first kappa shape index (κ1) is 29.4. The molecule has 1 rings (SSSR count). The van der Waals surface area contributed by atoms with Crippen molar-refractivity contribution in [1.29, 1.82) is 0 Å². The molecule has 5 atom stereocenters. The zero-order valence-electron chi connectivity index (χ0n) is 20.3. The van der Waals surface area contributed by atoms with E-state index in [1.807, 2.05) is 51.1 Å². The van der Waals surface area contributed by atoms with Crippen molar-refractivity contribution >= 4 is 36.3 Å². The molecule has 0 aliphatic rings. The lowest BCUT2D eigenvalue weighted by Gasteiger charge is -2.27. The van der Waals surface area contributed by atoms with Crippen LogP contribution in [0, 0.1) is 11.8 Å². The van der Waals surface area contributed by atoms with E-state index in [4.69, 9.17) is 5.73 Å². The Morgan fingerprint density at radius 1 is 0.941 bits per heavy atom. The van der Waals surface area contributed by atoms with Gasteiger partial charge in [-0.25, -0.2) is 4.79 Å². The van der Waals surface area contributed by atoms with Gasteiger partial charge >= 0.3 is 5.97 Å². The molecular formula is C24H38N4O5S. The van der Waals surface area contributed by atoms with Crippen LogP contribution in [0.25, 0.3) is 0 Å². The maximum Gasteiger partial charge on any atom is 0.326 e. The molecule has 0 fully saturated rings. The topological polar surface area (TPSA) is 151 Å². The summed E-state index contributed by atoms with van der Waals surface area (Å²) in [6.45, 7) is 7.34. The van der Waals surface area contributed by atoms with Gasteiger partial charge in [-0.05, 0) is 30.2 Å². The lowest BCUT2D eigenvalue weighted by molar-refractivity contribution is -0.144. The van der Waals surface area contributed by atoms with Gasteiger partial charge in [0.15, 0.2) is 0 Å². The Morgan fingerprint density at radius 3 is 2.00 bits per heavy atom. The van der Waals surface area contributed by atoms with Crippen molar-refractivity contribution in [3.63, 3.8) is 0 Å². The molecule has 0 saturated carbocycles. The van der Waals surface area contributed by atoms with Crippen molar-refractivity contribution in [2.75, 3.05) is 5.75 Å². The zero-order chi connectivity index (χ0) is 25.8. The summed E-state index contributed by atoms with van der Waals surface area (Å²) in [5, 5.41) is 17.3. The van der Waals surface area contributed by atoms with Crippen molar-refractivity contribution < 1.29 is 24.3 Å². The molecule has 6 N–H and O–H groups in total. The molecule has 0 aliphatic heterocycles. The van der Waals surface area contributed by atoms with Gasteiger partial charge in [-0.15, -0.1) is 0 Å². The molecule has 190 valence electrons. The van der Waals surface area contributed by atoms with Gasteiger partial charge in [0.05, 0.1) is 6.04 Å². The van der Waals surface area contributed by atoms with E-state index in [1.165, 1.54) is 0 Å². The number of carbonyl (C=O) groups excluding carboxylic acids is 3. The number of rotatable bonds is 14. The predicted molar refractivity (Wildman–Crippen MR) is 134 cm³/mol. The van der Waals surface area contributed by atoms with E-state index < -0.39 is 47.9 Å². The maximum absolute atomic E-state index is 12.9. The normalized spacial score (nSPS) is 15.5. The fraction of sp³-hybridized carbons (Fsp3) is 0.583. The summed E-state index contributed by atoms with van der Waals surface area (Å²) in [7, 11) is 0. The maximum atomic E-state index is 12.9. The minimum absolute atomic E-state index is 0.00370. The summed E-state index contributed by atoms with van der Waals surface area (Å²) < 4.78 is 0. The number of carbonyl (C=O) groups is 4. The summed E-state index contributed by atoms with van der Waals surface area (Å²) in [5.74, 6) is -3.06. The standard InChI is InChI=1S/C24H38N4O5S/c1-5-15(4)20(24(32)33)28-22(30)18(11-14(2)3)26-23(31)19(13-34)27-21(29)17(25)12-16-9-7-6-8-10-16/h6-10,14-15,17-20,34H,5,11-13,25H2,1-4H3,(H,26,31)(H,27,29)(H,28,30)(H,32,33). The van der Waals surface area contributed by atoms with Crippen molar-refractivity contribution in [2.24, 2.45) is 17.6 Å². The summed E-state index contributed by atoms with van der Waals surface area (Å²) in [5.41, 5.74) is 6.89. The van der Waals surface area contributed by atoms with Gasteiger partial charge in [0, 0.05) is 5.75 Å². The molecule has 0 aliphatic carbocycles. The van der Waals surface area contributed by atoms with Gasteiger partial charge in [0.25, 0.3) is 0 Å². The average Bonchev–Trinajstić information content (AvgIpc) is 2.79. The van der Waals surface area contributed by atoms with Crippen LogP contribution in [0.5, 0.6) is 0 Å². The minimum Gasteiger partial charge on any atom is -0.480 e. The van der Waals surface area contributed by atoms with Gasteiger partial charge in [-0.1, -0.05) is 64.4 Å². The summed E-state index contributed by atoms with van der Waals surface area (Å²) in [6, 6.07) is 5.37. The summed E-state index contributed by atoms with van der Waals surface area (Å²) in [4.78, 5) is 49.9. The third kappa shape index (κ3) is 9.72. The Morgan fingerprint density at radius 2 is 1.50 bits per heavy atom. The molecule has 0 radical (unpaired) electrons. The molecule has 1 aromatic rings. The van der Waals surface area contributed by atoms with E-state index in [9.17, 15) is 24.3 Å². The molecule has 0 heterocycles. The lowest BCUT2D eigenvalue weighted by atomic mass is 9.97. The molecule has 10 heteroatoms. The number of hydrogen-bond donors (Lipinski definition) is 6. The highest BCUT2D eigenvalue weighted by Gasteiger charge is 2.32. The molecular weight excluding hydrogens is 456 g/mol. The molecule has 0 spiro atoms. The number of benzene rings is 1. The van der Waals surface area contributed by atoms with Crippen molar-refractivity contribution in [3.8, 4) is 0 Å². The average molecular weight is 495 g/mol. The van der Waals surface area contributed by atoms with Crippen LogP contribution in [0.1, 0.15) is 46.1 Å². The van der Waals surface area contributed by atoms with Crippen LogP contribution >= 0.6 is 12.6 Å². The molecule has 1 aromatic carbocycles. The molecule has 0 bridgehead atoms. The Labute approximate surface area is 207 Å². The highest BCUT2D eigenvalue weighted by Crippen LogP contribution is 2.11. The fourth-order valence-corrected chi connectivity index (χ4v) is 3.60. The highest BCUT2D eigenvalue weighted by atomic mass is 32.1. The first-order valence-electron chi connectivity index (χ1n) is 11.5. The lowest BCUT2D eigenvalue weighted by Crippen LogP contribution is -2.58. The molecule has 0 saturated heterocycles. The van der Waals surface area contributed by atoms with E-state index in [0.717, 1.165) is 5.56 Å². The van der Waals surface area contributed by atoms with Gasteiger partial charge in [0.1, 0.15) is 18.1 Å². The number of hydrogen-bond acceptors (Lipinski definition) is 6. The molecule has 9 nitrogen and oxygen atoms in total. The summed E-state index contributed by atoms with van der Waals surface area (Å²) in [6.07, 6.45) is 1.17. The zero-order valence-corrected chi connectivity index (χ0v) is 21.2. The molecule has 0 aromatic heterocycles. The van der Waals surface area contributed by atoms with Gasteiger partial charge in [-0.3, -0.25) is 14.4 Å². The number of aliphatic carboxylic acids is 1. The molecule has 5 unspecified atom stereocenters. The van der Waals surface area contributed by atoms with E-state index in [-0.39, 0.29) is 17.6 Å². The number of carboxylic acids is 1. The highest BCUT2D eigenvalue weighted by molar-refractivity contribution is 7.80. The monoisotopic (exact) mass is 494 g/mol. The van der Waals surface area contributed by atoms with Gasteiger partial charge in [0.2, 0.25) is 17.7 Å². The van der Waals surface area contributed by atoms with Crippen molar-refractivity contribution in [1.82, 2.24) is 16.0 Å². The Kier molecular flexibility index (Phi) is 12.7. The van der Waals surface area contributed by atoms with Crippen LogP contribution in [0.4, 0.5) is 0 Å². The number of thiol groups is 1. The largest absolute Gasteiger partial charge is 0.480 e. The fourth-order valence-electron chi connectivity index (χ4n) is 3.35.